The SMILES string of the molecule is O=Cc1cc(Br)ccc1OC(=O)c1sc2ccccc2c1Cl. The van der Waals surface area contributed by atoms with Crippen LogP contribution in [0.25, 0.3) is 10.1 Å². The van der Waals surface area contributed by atoms with Gasteiger partial charge >= 0.3 is 5.97 Å². The minimum Gasteiger partial charge on any atom is -0.422 e. The zero-order valence-electron chi connectivity index (χ0n) is 11.0. The molecule has 0 spiro atoms. The molecule has 3 rings (SSSR count). The van der Waals surface area contributed by atoms with Gasteiger partial charge in [0.25, 0.3) is 0 Å². The molecule has 0 bridgehead atoms. The average Bonchev–Trinajstić information content (AvgIpc) is 2.86. The van der Waals surface area contributed by atoms with Crippen LogP contribution in [0.15, 0.2) is 46.9 Å². The van der Waals surface area contributed by atoms with Crippen molar-refractivity contribution in [3.63, 3.8) is 0 Å². The highest BCUT2D eigenvalue weighted by molar-refractivity contribution is 9.10. The average molecular weight is 396 g/mol. The van der Waals surface area contributed by atoms with Crippen LogP contribution in [-0.2, 0) is 0 Å². The van der Waals surface area contributed by atoms with Crippen LogP contribution in [0, 0.1) is 0 Å². The maximum absolute atomic E-state index is 12.3. The highest BCUT2D eigenvalue weighted by atomic mass is 79.9. The number of rotatable bonds is 3. The van der Waals surface area contributed by atoms with E-state index < -0.39 is 5.97 Å². The van der Waals surface area contributed by atoms with Crippen LogP contribution in [0.1, 0.15) is 20.0 Å². The van der Waals surface area contributed by atoms with E-state index in [0.29, 0.717) is 21.7 Å². The normalized spacial score (nSPS) is 10.6. The van der Waals surface area contributed by atoms with Gasteiger partial charge in [0, 0.05) is 14.6 Å². The fourth-order valence-corrected chi connectivity index (χ4v) is 3.76. The number of ether oxygens (including phenoxy) is 1. The first-order valence-electron chi connectivity index (χ1n) is 6.24. The lowest BCUT2D eigenvalue weighted by Gasteiger charge is -2.06. The Hall–Kier alpha value is -1.69. The second kappa shape index (κ2) is 6.20. The summed E-state index contributed by atoms with van der Waals surface area (Å²) in [5, 5.41) is 1.18. The van der Waals surface area contributed by atoms with Gasteiger partial charge in [-0.3, -0.25) is 4.79 Å². The van der Waals surface area contributed by atoms with Crippen molar-refractivity contribution in [1.82, 2.24) is 0 Å². The molecule has 0 aliphatic heterocycles. The van der Waals surface area contributed by atoms with Crippen LogP contribution >= 0.6 is 38.9 Å². The van der Waals surface area contributed by atoms with Gasteiger partial charge in [0.15, 0.2) is 6.29 Å². The number of halogens is 2. The van der Waals surface area contributed by atoms with E-state index in [-0.39, 0.29) is 5.75 Å². The van der Waals surface area contributed by atoms with Crippen LogP contribution in [0.4, 0.5) is 0 Å². The van der Waals surface area contributed by atoms with Crippen molar-refractivity contribution in [1.29, 1.82) is 0 Å². The molecule has 0 aliphatic rings. The number of fused-ring (bicyclic) bond motifs is 1. The fraction of sp³-hybridized carbons (Fsp3) is 0. The smallest absolute Gasteiger partial charge is 0.355 e. The molecule has 6 heteroatoms. The molecule has 0 saturated heterocycles. The van der Waals surface area contributed by atoms with Crippen molar-refractivity contribution in [3.05, 3.63) is 62.4 Å². The summed E-state index contributed by atoms with van der Waals surface area (Å²) in [4.78, 5) is 23.7. The van der Waals surface area contributed by atoms with Gasteiger partial charge in [0.05, 0.1) is 10.6 Å². The number of aldehydes is 1. The molecule has 1 heterocycles. The van der Waals surface area contributed by atoms with Gasteiger partial charge in [-0.15, -0.1) is 11.3 Å². The second-order valence-corrected chi connectivity index (χ2v) is 6.78. The monoisotopic (exact) mass is 394 g/mol. The summed E-state index contributed by atoms with van der Waals surface area (Å²) in [5.74, 6) is -0.367. The van der Waals surface area contributed by atoms with Crippen molar-refractivity contribution < 1.29 is 14.3 Å². The fourth-order valence-electron chi connectivity index (χ4n) is 2.00. The van der Waals surface area contributed by atoms with Gasteiger partial charge in [-0.1, -0.05) is 45.7 Å². The van der Waals surface area contributed by atoms with E-state index >= 15 is 0 Å². The lowest BCUT2D eigenvalue weighted by Crippen LogP contribution is -2.08. The summed E-state index contributed by atoms with van der Waals surface area (Å²) in [7, 11) is 0. The molecule has 0 N–H and O–H groups in total. The molecule has 0 saturated carbocycles. The summed E-state index contributed by atoms with van der Waals surface area (Å²) < 4.78 is 6.96. The molecule has 0 amide bonds. The number of thiophene rings is 1. The van der Waals surface area contributed by atoms with E-state index in [9.17, 15) is 9.59 Å². The first kappa shape index (κ1) is 15.2. The lowest BCUT2D eigenvalue weighted by molar-refractivity contribution is 0.0739. The van der Waals surface area contributed by atoms with Gasteiger partial charge in [-0.2, -0.15) is 0 Å². The Balaban J connectivity index is 1.97. The molecular weight excluding hydrogens is 388 g/mol. The third kappa shape index (κ3) is 2.79. The van der Waals surface area contributed by atoms with Crippen LogP contribution in [0.5, 0.6) is 5.75 Å². The quantitative estimate of drug-likeness (QED) is 0.341. The van der Waals surface area contributed by atoms with Gasteiger partial charge in [0.2, 0.25) is 0 Å². The number of benzene rings is 2. The first-order valence-corrected chi connectivity index (χ1v) is 8.23. The van der Waals surface area contributed by atoms with E-state index in [4.69, 9.17) is 16.3 Å². The molecule has 22 heavy (non-hydrogen) atoms. The summed E-state index contributed by atoms with van der Waals surface area (Å²) >= 11 is 10.8. The lowest BCUT2D eigenvalue weighted by atomic mass is 10.2. The first-order chi connectivity index (χ1) is 10.6. The molecule has 1 aromatic heterocycles. The molecule has 0 unspecified atom stereocenters. The zero-order valence-corrected chi connectivity index (χ0v) is 14.2. The largest absolute Gasteiger partial charge is 0.422 e. The Bertz CT molecular complexity index is 888. The highest BCUT2D eigenvalue weighted by Gasteiger charge is 2.20. The van der Waals surface area contributed by atoms with E-state index in [0.717, 1.165) is 14.6 Å². The highest BCUT2D eigenvalue weighted by Crippen LogP contribution is 2.36. The Kier molecular flexibility index (Phi) is 4.29. The maximum Gasteiger partial charge on any atom is 0.355 e. The topological polar surface area (TPSA) is 43.4 Å². The van der Waals surface area contributed by atoms with Gasteiger partial charge in [-0.25, -0.2) is 4.79 Å². The third-order valence-electron chi connectivity index (χ3n) is 3.02. The second-order valence-electron chi connectivity index (χ2n) is 4.43. The third-order valence-corrected chi connectivity index (χ3v) is 5.17. The zero-order chi connectivity index (χ0) is 15.7. The molecule has 2 aromatic carbocycles. The Morgan fingerprint density at radius 1 is 1.23 bits per heavy atom. The minimum atomic E-state index is -0.573. The molecule has 0 fully saturated rings. The molecular formula is C16H8BrClO3S. The number of carbonyl (C=O) groups is 2. The van der Waals surface area contributed by atoms with Crippen molar-refractivity contribution in [2.24, 2.45) is 0 Å². The Morgan fingerprint density at radius 2 is 2.00 bits per heavy atom. The Morgan fingerprint density at radius 3 is 2.73 bits per heavy atom. The standard InChI is InChI=1S/C16H8BrClO3S/c17-10-5-6-12(9(7-10)8-19)21-16(20)15-14(18)11-3-1-2-4-13(11)22-15/h1-8H. The van der Waals surface area contributed by atoms with Crippen molar-refractivity contribution in [2.45, 2.75) is 0 Å². The summed E-state index contributed by atoms with van der Waals surface area (Å²) in [6.45, 7) is 0. The van der Waals surface area contributed by atoms with E-state index in [1.54, 1.807) is 18.2 Å². The summed E-state index contributed by atoms with van der Waals surface area (Å²) in [6.07, 6.45) is 0.639. The molecule has 0 atom stereocenters. The predicted molar refractivity (Wildman–Crippen MR) is 91.3 cm³/mol. The molecule has 0 aliphatic carbocycles. The molecule has 3 aromatic rings. The van der Waals surface area contributed by atoms with Crippen molar-refractivity contribution >= 4 is 61.2 Å². The number of carbonyl (C=O) groups excluding carboxylic acids is 2. The van der Waals surface area contributed by atoms with Crippen molar-refractivity contribution in [2.75, 3.05) is 0 Å². The van der Waals surface area contributed by atoms with E-state index in [1.165, 1.54) is 11.3 Å². The number of esters is 1. The van der Waals surface area contributed by atoms with Crippen LogP contribution in [0.2, 0.25) is 5.02 Å². The van der Waals surface area contributed by atoms with Gasteiger partial charge < -0.3 is 4.74 Å². The van der Waals surface area contributed by atoms with E-state index in [2.05, 4.69) is 15.9 Å². The molecule has 0 radical (unpaired) electrons. The Labute approximate surface area is 143 Å². The van der Waals surface area contributed by atoms with Crippen LogP contribution < -0.4 is 4.74 Å². The molecule has 110 valence electrons. The number of hydrogen-bond acceptors (Lipinski definition) is 4. The van der Waals surface area contributed by atoms with Gasteiger partial charge in [0.1, 0.15) is 10.6 Å². The summed E-state index contributed by atoms with van der Waals surface area (Å²) in [5.41, 5.74) is 0.292. The van der Waals surface area contributed by atoms with Gasteiger partial charge in [-0.05, 0) is 24.3 Å². The minimum absolute atomic E-state index is 0.205. The predicted octanol–water partition coefficient (Wildman–Crippen LogP) is 5.35. The van der Waals surface area contributed by atoms with Crippen LogP contribution in [0.3, 0.4) is 0 Å². The molecule has 3 nitrogen and oxygen atoms in total. The maximum atomic E-state index is 12.3. The van der Waals surface area contributed by atoms with Crippen LogP contribution in [-0.4, -0.2) is 12.3 Å². The van der Waals surface area contributed by atoms with Crippen molar-refractivity contribution in [3.8, 4) is 5.75 Å². The van der Waals surface area contributed by atoms with E-state index in [1.807, 2.05) is 24.3 Å². The summed E-state index contributed by atoms with van der Waals surface area (Å²) in [6, 6.07) is 12.3. The number of hydrogen-bond donors (Lipinski definition) is 0.